The number of unbranched alkanes of at least 4 members (excludes halogenated alkanes) is 4. The SMILES string of the molecule is COc1ccc(CCC(=O)CC(O)CCCCCCCc2cccc(O)c2)cc1OC. The predicted octanol–water partition coefficient (Wildman–Crippen LogP) is 5.25. The lowest BCUT2D eigenvalue weighted by Gasteiger charge is -2.11. The predicted molar refractivity (Wildman–Crippen MR) is 123 cm³/mol. The van der Waals surface area contributed by atoms with Crippen molar-refractivity contribution in [3.8, 4) is 17.2 Å². The molecule has 0 amide bonds. The summed E-state index contributed by atoms with van der Waals surface area (Å²) in [6, 6.07) is 13.1. The summed E-state index contributed by atoms with van der Waals surface area (Å²) < 4.78 is 10.5. The Kier molecular flexibility index (Phi) is 10.9. The first kappa shape index (κ1) is 24.7. The number of hydrogen-bond donors (Lipinski definition) is 2. The summed E-state index contributed by atoms with van der Waals surface area (Å²) in [6.07, 6.45) is 7.74. The maximum Gasteiger partial charge on any atom is 0.160 e. The van der Waals surface area contributed by atoms with Gasteiger partial charge in [-0.25, -0.2) is 0 Å². The van der Waals surface area contributed by atoms with E-state index in [1.807, 2.05) is 36.4 Å². The van der Waals surface area contributed by atoms with Crippen LogP contribution in [0, 0.1) is 0 Å². The number of phenolic OH excluding ortho intramolecular Hbond substituents is 1. The number of aryl methyl sites for hydroxylation is 2. The highest BCUT2D eigenvalue weighted by atomic mass is 16.5. The van der Waals surface area contributed by atoms with Crippen molar-refractivity contribution in [1.29, 1.82) is 0 Å². The Morgan fingerprint density at radius 1 is 0.871 bits per heavy atom. The van der Waals surface area contributed by atoms with E-state index in [4.69, 9.17) is 9.47 Å². The number of carbonyl (C=O) groups excluding carboxylic acids is 1. The molecule has 0 bridgehead atoms. The molecule has 0 aliphatic rings. The van der Waals surface area contributed by atoms with Crippen LogP contribution in [-0.4, -0.2) is 36.3 Å². The van der Waals surface area contributed by atoms with Gasteiger partial charge < -0.3 is 19.7 Å². The third-order valence-electron chi connectivity index (χ3n) is 5.52. The fourth-order valence-electron chi connectivity index (χ4n) is 3.74. The Hall–Kier alpha value is -2.53. The summed E-state index contributed by atoms with van der Waals surface area (Å²) in [5.74, 6) is 1.75. The molecule has 1 atom stereocenters. The van der Waals surface area contributed by atoms with Crippen molar-refractivity contribution >= 4 is 5.78 Å². The lowest BCUT2D eigenvalue weighted by molar-refractivity contribution is -0.121. The maximum atomic E-state index is 12.2. The molecule has 0 heterocycles. The third kappa shape index (κ3) is 9.43. The van der Waals surface area contributed by atoms with E-state index in [-0.39, 0.29) is 12.2 Å². The average Bonchev–Trinajstić information content (AvgIpc) is 2.76. The molecule has 0 aromatic heterocycles. The van der Waals surface area contributed by atoms with Crippen molar-refractivity contribution in [3.05, 3.63) is 53.6 Å². The number of carbonyl (C=O) groups is 1. The van der Waals surface area contributed by atoms with Crippen LogP contribution in [0.1, 0.15) is 62.5 Å². The minimum absolute atomic E-state index is 0.0911. The molecule has 5 heteroatoms. The molecule has 0 saturated heterocycles. The standard InChI is InChI=1S/C26H36O5/c1-30-25-16-14-21(18-26(25)31-2)13-15-24(29)19-23(28)11-7-5-3-4-6-9-20-10-8-12-22(27)17-20/h8,10,12,14,16-18,23,27-28H,3-7,9,11,13,15,19H2,1-2H3. The first-order valence-corrected chi connectivity index (χ1v) is 11.2. The average molecular weight is 429 g/mol. The Balaban J connectivity index is 1.54. The number of phenols is 1. The van der Waals surface area contributed by atoms with E-state index in [1.165, 1.54) is 5.56 Å². The molecule has 0 aliphatic heterocycles. The van der Waals surface area contributed by atoms with E-state index in [9.17, 15) is 15.0 Å². The van der Waals surface area contributed by atoms with Gasteiger partial charge in [-0.2, -0.15) is 0 Å². The van der Waals surface area contributed by atoms with Crippen LogP contribution in [0.4, 0.5) is 0 Å². The number of ether oxygens (including phenoxy) is 2. The number of aliphatic hydroxyl groups is 1. The quantitative estimate of drug-likeness (QED) is 0.379. The fourth-order valence-corrected chi connectivity index (χ4v) is 3.74. The van der Waals surface area contributed by atoms with Crippen LogP contribution in [-0.2, 0) is 17.6 Å². The molecule has 0 spiro atoms. The number of Topliss-reactive ketones (excluding diaryl/α,β-unsaturated/α-hetero) is 1. The van der Waals surface area contributed by atoms with Crippen molar-refractivity contribution in [2.45, 2.75) is 70.3 Å². The second-order valence-corrected chi connectivity index (χ2v) is 8.06. The van der Waals surface area contributed by atoms with E-state index in [0.717, 1.165) is 44.1 Å². The van der Waals surface area contributed by atoms with E-state index in [1.54, 1.807) is 20.3 Å². The number of hydrogen-bond acceptors (Lipinski definition) is 5. The zero-order valence-electron chi connectivity index (χ0n) is 18.8. The van der Waals surface area contributed by atoms with Crippen molar-refractivity contribution in [1.82, 2.24) is 0 Å². The van der Waals surface area contributed by atoms with Crippen LogP contribution in [0.5, 0.6) is 17.2 Å². The Labute approximate surface area is 186 Å². The number of aliphatic hydroxyl groups excluding tert-OH is 1. The van der Waals surface area contributed by atoms with Gasteiger partial charge >= 0.3 is 0 Å². The minimum atomic E-state index is -0.551. The second kappa shape index (κ2) is 13.7. The van der Waals surface area contributed by atoms with Crippen LogP contribution in [0.25, 0.3) is 0 Å². The fraction of sp³-hybridized carbons (Fsp3) is 0.500. The summed E-state index contributed by atoms with van der Waals surface area (Å²) in [5, 5.41) is 19.6. The molecule has 2 N–H and O–H groups in total. The molecule has 0 saturated carbocycles. The van der Waals surface area contributed by atoms with Gasteiger partial charge in [0.05, 0.1) is 20.3 Å². The van der Waals surface area contributed by atoms with Crippen LogP contribution >= 0.6 is 0 Å². The molecule has 2 rings (SSSR count). The second-order valence-electron chi connectivity index (χ2n) is 8.06. The molecule has 1 unspecified atom stereocenters. The normalized spacial score (nSPS) is 11.8. The van der Waals surface area contributed by atoms with E-state index in [2.05, 4.69) is 0 Å². The Morgan fingerprint density at radius 2 is 1.58 bits per heavy atom. The molecule has 0 radical (unpaired) electrons. The topological polar surface area (TPSA) is 76.0 Å². The van der Waals surface area contributed by atoms with Crippen LogP contribution in [0.3, 0.4) is 0 Å². The van der Waals surface area contributed by atoms with Gasteiger partial charge in [-0.15, -0.1) is 0 Å². The van der Waals surface area contributed by atoms with Crippen molar-refractivity contribution in [2.75, 3.05) is 14.2 Å². The number of ketones is 1. The highest BCUT2D eigenvalue weighted by Gasteiger charge is 2.12. The van der Waals surface area contributed by atoms with Gasteiger partial charge in [0.25, 0.3) is 0 Å². The highest BCUT2D eigenvalue weighted by molar-refractivity contribution is 5.79. The lowest BCUT2D eigenvalue weighted by atomic mass is 10.00. The Bertz CT molecular complexity index is 802. The van der Waals surface area contributed by atoms with E-state index in [0.29, 0.717) is 36.5 Å². The van der Waals surface area contributed by atoms with Gasteiger partial charge in [-0.05, 0) is 61.1 Å². The van der Waals surface area contributed by atoms with Crippen molar-refractivity contribution < 1.29 is 24.5 Å². The summed E-state index contributed by atoms with van der Waals surface area (Å²) >= 11 is 0. The number of rotatable bonds is 15. The minimum Gasteiger partial charge on any atom is -0.508 e. The molecular formula is C26H36O5. The summed E-state index contributed by atoms with van der Waals surface area (Å²) in [7, 11) is 3.19. The largest absolute Gasteiger partial charge is 0.508 e. The number of methoxy groups -OCH3 is 2. The maximum absolute atomic E-state index is 12.2. The summed E-state index contributed by atoms with van der Waals surface area (Å²) in [5.41, 5.74) is 2.19. The molecule has 5 nitrogen and oxygen atoms in total. The monoisotopic (exact) mass is 428 g/mol. The smallest absolute Gasteiger partial charge is 0.160 e. The Morgan fingerprint density at radius 3 is 2.32 bits per heavy atom. The molecule has 0 aliphatic carbocycles. The van der Waals surface area contributed by atoms with Gasteiger partial charge in [-0.1, -0.05) is 43.9 Å². The highest BCUT2D eigenvalue weighted by Crippen LogP contribution is 2.28. The lowest BCUT2D eigenvalue weighted by Crippen LogP contribution is -2.14. The van der Waals surface area contributed by atoms with Gasteiger partial charge in [0.15, 0.2) is 11.5 Å². The van der Waals surface area contributed by atoms with Gasteiger partial charge in [0.2, 0.25) is 0 Å². The zero-order valence-corrected chi connectivity index (χ0v) is 18.8. The van der Waals surface area contributed by atoms with Gasteiger partial charge in [0, 0.05) is 12.8 Å². The van der Waals surface area contributed by atoms with Crippen LogP contribution < -0.4 is 9.47 Å². The van der Waals surface area contributed by atoms with Gasteiger partial charge in [0.1, 0.15) is 11.5 Å². The van der Waals surface area contributed by atoms with Crippen LogP contribution in [0.2, 0.25) is 0 Å². The third-order valence-corrected chi connectivity index (χ3v) is 5.52. The van der Waals surface area contributed by atoms with E-state index >= 15 is 0 Å². The molecule has 2 aromatic carbocycles. The first-order chi connectivity index (χ1) is 15.0. The molecule has 0 fully saturated rings. The molecule has 31 heavy (non-hydrogen) atoms. The summed E-state index contributed by atoms with van der Waals surface area (Å²) in [4.78, 5) is 12.2. The molecule has 2 aromatic rings. The van der Waals surface area contributed by atoms with Crippen molar-refractivity contribution in [2.24, 2.45) is 0 Å². The zero-order chi connectivity index (χ0) is 22.5. The number of aromatic hydroxyl groups is 1. The van der Waals surface area contributed by atoms with Gasteiger partial charge in [-0.3, -0.25) is 4.79 Å². The van der Waals surface area contributed by atoms with Crippen molar-refractivity contribution in [3.63, 3.8) is 0 Å². The molecular weight excluding hydrogens is 392 g/mol. The summed E-state index contributed by atoms with van der Waals surface area (Å²) in [6.45, 7) is 0. The van der Waals surface area contributed by atoms with Crippen LogP contribution in [0.15, 0.2) is 42.5 Å². The first-order valence-electron chi connectivity index (χ1n) is 11.2. The number of benzene rings is 2. The van der Waals surface area contributed by atoms with E-state index < -0.39 is 6.10 Å². The molecule has 170 valence electrons.